The Morgan fingerprint density at radius 3 is 2.71 bits per heavy atom. The van der Waals surface area contributed by atoms with Crippen LogP contribution in [0, 0.1) is 0 Å². The molecule has 1 amide bonds. The molecule has 0 unspecified atom stereocenters. The van der Waals surface area contributed by atoms with Gasteiger partial charge in [0.05, 0.1) is 30.3 Å². The van der Waals surface area contributed by atoms with Gasteiger partial charge in [0.2, 0.25) is 0 Å². The third kappa shape index (κ3) is 3.42. The zero-order valence-electron chi connectivity index (χ0n) is 16.3. The number of aromatic nitrogens is 2. The number of carbonyl (C=O) groups is 1. The summed E-state index contributed by atoms with van der Waals surface area (Å²) in [6.07, 6.45) is 1.86. The van der Waals surface area contributed by atoms with Crippen LogP contribution in [0.1, 0.15) is 48.9 Å². The SMILES string of the molecule is CCOc1ccc(C(=O)N2CCC[C@@H]2c2nc3ccccc3[nH]2)cc1OCC. The van der Waals surface area contributed by atoms with E-state index in [4.69, 9.17) is 14.5 Å². The number of amides is 1. The maximum absolute atomic E-state index is 13.3. The first-order valence-corrected chi connectivity index (χ1v) is 9.86. The van der Waals surface area contributed by atoms with Crippen molar-refractivity contribution in [2.75, 3.05) is 19.8 Å². The number of hydrogen-bond acceptors (Lipinski definition) is 4. The molecule has 0 aliphatic carbocycles. The first-order valence-electron chi connectivity index (χ1n) is 9.86. The predicted octanol–water partition coefficient (Wildman–Crippen LogP) is 4.34. The van der Waals surface area contributed by atoms with Gasteiger partial charge < -0.3 is 19.4 Å². The first-order chi connectivity index (χ1) is 13.7. The maximum atomic E-state index is 13.3. The lowest BCUT2D eigenvalue weighted by atomic mass is 10.1. The van der Waals surface area contributed by atoms with Gasteiger partial charge >= 0.3 is 0 Å². The molecule has 28 heavy (non-hydrogen) atoms. The highest BCUT2D eigenvalue weighted by molar-refractivity contribution is 5.95. The molecule has 1 fully saturated rings. The maximum Gasteiger partial charge on any atom is 0.254 e. The Labute approximate surface area is 164 Å². The molecular formula is C22H25N3O3. The number of benzene rings is 2. The summed E-state index contributed by atoms with van der Waals surface area (Å²) in [5.41, 5.74) is 2.53. The Kier molecular flexibility index (Phi) is 5.19. The lowest BCUT2D eigenvalue weighted by Gasteiger charge is -2.23. The Hall–Kier alpha value is -3.02. The van der Waals surface area contributed by atoms with Crippen LogP contribution in [-0.4, -0.2) is 40.5 Å². The van der Waals surface area contributed by atoms with Gasteiger partial charge in [0, 0.05) is 12.1 Å². The smallest absolute Gasteiger partial charge is 0.254 e. The second-order valence-corrected chi connectivity index (χ2v) is 6.82. The molecule has 146 valence electrons. The second kappa shape index (κ2) is 7.92. The van der Waals surface area contributed by atoms with E-state index in [2.05, 4.69) is 4.98 Å². The van der Waals surface area contributed by atoms with Crippen molar-refractivity contribution in [1.82, 2.24) is 14.9 Å². The lowest BCUT2D eigenvalue weighted by molar-refractivity contribution is 0.0730. The van der Waals surface area contributed by atoms with Crippen LogP contribution in [0.25, 0.3) is 11.0 Å². The normalized spacial score (nSPS) is 16.5. The van der Waals surface area contributed by atoms with Gasteiger partial charge in [-0.3, -0.25) is 4.79 Å². The quantitative estimate of drug-likeness (QED) is 0.692. The Bertz CT molecular complexity index is 949. The number of nitrogens with zero attached hydrogens (tertiary/aromatic N) is 2. The fourth-order valence-corrected chi connectivity index (χ4v) is 3.77. The molecule has 1 N–H and O–H groups in total. The van der Waals surface area contributed by atoms with Crippen LogP contribution in [-0.2, 0) is 0 Å². The molecule has 1 aliphatic rings. The van der Waals surface area contributed by atoms with E-state index in [1.54, 1.807) is 6.07 Å². The van der Waals surface area contributed by atoms with Gasteiger partial charge in [0.1, 0.15) is 5.82 Å². The Morgan fingerprint density at radius 1 is 1.14 bits per heavy atom. The number of nitrogens with one attached hydrogen (secondary N) is 1. The number of imidazole rings is 1. The van der Waals surface area contributed by atoms with Gasteiger partial charge in [-0.25, -0.2) is 4.98 Å². The molecule has 6 heteroatoms. The molecular weight excluding hydrogens is 354 g/mol. The minimum Gasteiger partial charge on any atom is -0.490 e. The minimum atomic E-state index is -0.0398. The van der Waals surface area contributed by atoms with Crippen molar-refractivity contribution in [3.8, 4) is 11.5 Å². The molecule has 2 heterocycles. The molecule has 4 rings (SSSR count). The molecule has 1 aromatic heterocycles. The van der Waals surface area contributed by atoms with Crippen molar-refractivity contribution in [2.24, 2.45) is 0 Å². The fourth-order valence-electron chi connectivity index (χ4n) is 3.77. The van der Waals surface area contributed by atoms with Crippen LogP contribution in [0.3, 0.4) is 0 Å². The number of rotatable bonds is 6. The van der Waals surface area contributed by atoms with E-state index in [-0.39, 0.29) is 11.9 Å². The average molecular weight is 379 g/mol. The zero-order valence-corrected chi connectivity index (χ0v) is 16.3. The van der Waals surface area contributed by atoms with Crippen molar-refractivity contribution in [3.63, 3.8) is 0 Å². The monoisotopic (exact) mass is 379 g/mol. The van der Waals surface area contributed by atoms with Crippen LogP contribution in [0.4, 0.5) is 0 Å². The van der Waals surface area contributed by atoms with Gasteiger partial charge in [-0.05, 0) is 57.0 Å². The number of para-hydroxylation sites is 2. The van der Waals surface area contributed by atoms with Crippen LogP contribution < -0.4 is 9.47 Å². The van der Waals surface area contributed by atoms with E-state index in [0.29, 0.717) is 30.3 Å². The molecule has 3 aromatic rings. The molecule has 0 saturated carbocycles. The van der Waals surface area contributed by atoms with Crippen molar-refractivity contribution >= 4 is 16.9 Å². The summed E-state index contributed by atoms with van der Waals surface area (Å²) in [4.78, 5) is 23.3. The summed E-state index contributed by atoms with van der Waals surface area (Å²) in [6, 6.07) is 13.3. The van der Waals surface area contributed by atoms with Crippen molar-refractivity contribution < 1.29 is 14.3 Å². The third-order valence-electron chi connectivity index (χ3n) is 5.03. The lowest BCUT2D eigenvalue weighted by Crippen LogP contribution is -2.31. The number of fused-ring (bicyclic) bond motifs is 1. The molecule has 0 bridgehead atoms. The summed E-state index contributed by atoms with van der Waals surface area (Å²) >= 11 is 0. The van der Waals surface area contributed by atoms with E-state index in [9.17, 15) is 4.79 Å². The standard InChI is InChI=1S/C22H25N3O3/c1-3-27-19-12-11-15(14-20(19)28-4-2)22(26)25-13-7-10-18(25)21-23-16-8-5-6-9-17(16)24-21/h5-6,8-9,11-12,14,18H,3-4,7,10,13H2,1-2H3,(H,23,24)/t18-/m1/s1. The first kappa shape index (κ1) is 18.3. The molecule has 1 aliphatic heterocycles. The number of H-pyrrole nitrogens is 1. The van der Waals surface area contributed by atoms with Crippen LogP contribution in [0.2, 0.25) is 0 Å². The van der Waals surface area contributed by atoms with E-state index in [1.165, 1.54) is 0 Å². The number of ether oxygens (including phenoxy) is 2. The summed E-state index contributed by atoms with van der Waals surface area (Å²) in [5, 5.41) is 0. The van der Waals surface area contributed by atoms with E-state index >= 15 is 0 Å². The molecule has 6 nitrogen and oxygen atoms in total. The highest BCUT2D eigenvalue weighted by Crippen LogP contribution is 2.34. The van der Waals surface area contributed by atoms with E-state index < -0.39 is 0 Å². The Morgan fingerprint density at radius 2 is 1.93 bits per heavy atom. The molecule has 0 radical (unpaired) electrons. The van der Waals surface area contributed by atoms with Gasteiger partial charge in [-0.1, -0.05) is 12.1 Å². The molecule has 1 atom stereocenters. The van der Waals surface area contributed by atoms with Crippen LogP contribution in [0.5, 0.6) is 11.5 Å². The zero-order chi connectivity index (χ0) is 19.5. The van der Waals surface area contributed by atoms with E-state index in [0.717, 1.165) is 36.2 Å². The fraction of sp³-hybridized carbons (Fsp3) is 0.364. The highest BCUT2D eigenvalue weighted by Gasteiger charge is 2.33. The summed E-state index contributed by atoms with van der Waals surface area (Å²) in [6.45, 7) is 5.63. The second-order valence-electron chi connectivity index (χ2n) is 6.82. The summed E-state index contributed by atoms with van der Waals surface area (Å²) < 4.78 is 11.3. The summed E-state index contributed by atoms with van der Waals surface area (Å²) in [7, 11) is 0. The largest absolute Gasteiger partial charge is 0.490 e. The number of carbonyl (C=O) groups excluding carboxylic acids is 1. The van der Waals surface area contributed by atoms with Crippen LogP contribution >= 0.6 is 0 Å². The van der Waals surface area contributed by atoms with Crippen molar-refractivity contribution in [2.45, 2.75) is 32.7 Å². The molecule has 1 saturated heterocycles. The topological polar surface area (TPSA) is 67.5 Å². The predicted molar refractivity (Wildman–Crippen MR) is 108 cm³/mol. The van der Waals surface area contributed by atoms with Gasteiger partial charge in [0.25, 0.3) is 5.91 Å². The van der Waals surface area contributed by atoms with Crippen molar-refractivity contribution in [3.05, 3.63) is 53.9 Å². The van der Waals surface area contributed by atoms with Crippen LogP contribution in [0.15, 0.2) is 42.5 Å². The minimum absolute atomic E-state index is 0.00745. The number of hydrogen-bond donors (Lipinski definition) is 1. The number of aromatic amines is 1. The number of likely N-dealkylation sites (tertiary alicyclic amines) is 1. The van der Waals surface area contributed by atoms with E-state index in [1.807, 2.05) is 55.1 Å². The molecule has 0 spiro atoms. The van der Waals surface area contributed by atoms with Gasteiger partial charge in [-0.15, -0.1) is 0 Å². The van der Waals surface area contributed by atoms with Crippen molar-refractivity contribution in [1.29, 1.82) is 0 Å². The summed E-state index contributed by atoms with van der Waals surface area (Å²) in [5.74, 6) is 2.11. The van der Waals surface area contributed by atoms with Gasteiger partial charge in [0.15, 0.2) is 11.5 Å². The Balaban J connectivity index is 1.62. The highest BCUT2D eigenvalue weighted by atomic mass is 16.5. The molecule has 2 aromatic carbocycles. The average Bonchev–Trinajstić information content (AvgIpc) is 3.35. The third-order valence-corrected chi connectivity index (χ3v) is 5.03. The van der Waals surface area contributed by atoms with Gasteiger partial charge in [-0.2, -0.15) is 0 Å².